The number of aromatic carboxylic acids is 1. The first kappa shape index (κ1) is 52.2. The van der Waals surface area contributed by atoms with E-state index in [1.165, 1.54) is 0 Å². The molecule has 2 aromatic carbocycles. The Bertz CT molecular complexity index is 1530. The molecule has 2 aromatic heterocycles. The Balaban J connectivity index is -0.000000620. The summed E-state index contributed by atoms with van der Waals surface area (Å²) in [6.07, 6.45) is 0. The predicted octanol–water partition coefficient (Wildman–Crippen LogP) is 9.27. The van der Waals surface area contributed by atoms with E-state index >= 15 is 0 Å². The molecule has 0 unspecified atom stereocenters. The van der Waals surface area contributed by atoms with Gasteiger partial charge in [-0.25, -0.2) is 4.79 Å². The zero-order valence-corrected chi connectivity index (χ0v) is 41.5. The number of carboxylic acids is 1. The Morgan fingerprint density at radius 2 is 1.00 bits per heavy atom. The third-order valence-electron chi connectivity index (χ3n) is 5.69. The summed E-state index contributed by atoms with van der Waals surface area (Å²) in [5.41, 5.74) is 11.2. The molecule has 4 rings (SSSR count). The number of carbonyl (C=O) groups excluding carboxylic acids is 1. The van der Waals surface area contributed by atoms with Crippen LogP contribution in [0, 0.1) is 27.7 Å². The summed E-state index contributed by atoms with van der Waals surface area (Å²) in [6.45, 7) is 27.4. The number of carbonyl (C=O) groups is 2. The van der Waals surface area contributed by atoms with E-state index in [-0.39, 0.29) is 17.0 Å². The van der Waals surface area contributed by atoms with Gasteiger partial charge in [-0.3, -0.25) is 14.8 Å². The number of halogens is 5. The second-order valence-corrected chi connectivity index (χ2v) is 28.1. The molecule has 0 bridgehead atoms. The van der Waals surface area contributed by atoms with Crippen LogP contribution in [0.1, 0.15) is 112 Å². The molecule has 0 saturated carbocycles. The van der Waals surface area contributed by atoms with Gasteiger partial charge in [-0.05, 0) is 92.5 Å². The number of para-hydroxylation sites is 2. The molecule has 0 aliphatic heterocycles. The number of aryl methyl sites for hydroxylation is 2. The number of nitrogens with zero attached hydrogens (tertiary/aromatic N) is 2. The molecule has 1 amide bonds. The van der Waals surface area contributed by atoms with E-state index in [1.807, 2.05) is 132 Å². The minimum atomic E-state index is -0.894. The molecule has 2 heterocycles. The second-order valence-electron chi connectivity index (χ2n) is 11.9. The number of fused-ring (bicyclic) bond motifs is 2. The number of hydrogen-bond donors (Lipinski definition) is 3. The van der Waals surface area contributed by atoms with Crippen LogP contribution in [0.2, 0.25) is 0 Å². The molecule has 4 aromatic rings. The minimum absolute atomic E-state index is 0. The Labute approximate surface area is 342 Å². The van der Waals surface area contributed by atoms with E-state index in [0.717, 1.165) is 44.5 Å². The van der Waals surface area contributed by atoms with Crippen LogP contribution in [-0.2, 0) is 0 Å². The SMILES string of the molecule is CC.CC.CC(C)(C)N.Cc1nc2ccccc2c(C(=O)NC(C)(C)C)c1C.Cc1nc2ccccc2c(C(=O)O)c1C.II.I[I-]I. The van der Waals surface area contributed by atoms with E-state index in [9.17, 15) is 9.59 Å². The molecule has 0 saturated heterocycles. The fraction of sp³-hybridized carbons (Fsp3) is 0.444. The van der Waals surface area contributed by atoms with E-state index < -0.39 is 5.97 Å². The van der Waals surface area contributed by atoms with Gasteiger partial charge in [0.25, 0.3) is 5.91 Å². The molecule has 0 fully saturated rings. The van der Waals surface area contributed by atoms with Gasteiger partial charge in [0.05, 0.1) is 22.2 Å². The van der Waals surface area contributed by atoms with Gasteiger partial charge in [0.2, 0.25) is 0 Å². The van der Waals surface area contributed by atoms with Crippen molar-refractivity contribution < 1.29 is 28.0 Å². The van der Waals surface area contributed by atoms with Gasteiger partial charge in [-0.2, -0.15) is 0 Å². The van der Waals surface area contributed by atoms with Crippen molar-refractivity contribution in [3.63, 3.8) is 0 Å². The van der Waals surface area contributed by atoms with Crippen LogP contribution in [0.15, 0.2) is 48.5 Å². The summed E-state index contributed by atoms with van der Waals surface area (Å²) < 4.78 is 0. The van der Waals surface area contributed by atoms with E-state index in [4.69, 9.17) is 10.8 Å². The molecule has 0 atom stereocenters. The zero-order valence-electron chi connectivity index (χ0n) is 30.7. The van der Waals surface area contributed by atoms with Gasteiger partial charge in [-0.1, -0.05) is 64.1 Å². The molecule has 48 heavy (non-hydrogen) atoms. The first-order valence-corrected chi connectivity index (χ1v) is 34.3. The fourth-order valence-electron chi connectivity index (χ4n) is 3.83. The van der Waals surface area contributed by atoms with E-state index in [0.29, 0.717) is 24.2 Å². The fourth-order valence-corrected chi connectivity index (χ4v) is 3.83. The molecule has 7 nitrogen and oxygen atoms in total. The van der Waals surface area contributed by atoms with Crippen molar-refractivity contribution in [1.82, 2.24) is 15.3 Å². The number of aromatic nitrogens is 2. The number of nitrogens with one attached hydrogen (secondary N) is 1. The molecule has 12 heteroatoms. The molecule has 0 spiro atoms. The predicted molar refractivity (Wildman–Crippen MR) is 239 cm³/mol. The summed E-state index contributed by atoms with van der Waals surface area (Å²) >= 11 is 9.54. The number of carboxylic acid groups (broad SMARTS) is 1. The van der Waals surface area contributed by atoms with Crippen LogP contribution < -0.4 is 24.3 Å². The number of amides is 1. The Kier molecular flexibility index (Phi) is 29.8. The van der Waals surface area contributed by atoms with Crippen molar-refractivity contribution in [2.45, 2.75) is 108 Å². The van der Waals surface area contributed by atoms with Crippen LogP contribution in [-0.4, -0.2) is 38.0 Å². The number of pyridine rings is 2. The summed E-state index contributed by atoms with van der Waals surface area (Å²) in [6, 6.07) is 15.1. The van der Waals surface area contributed by atoms with Gasteiger partial charge in [0.1, 0.15) is 0 Å². The topological polar surface area (TPSA) is 118 Å². The molecule has 4 N–H and O–H groups in total. The van der Waals surface area contributed by atoms with Crippen molar-refractivity contribution >= 4 is 108 Å². The maximum atomic E-state index is 12.5. The molecular formula is C36H54I5N4O3-. The van der Waals surface area contributed by atoms with Gasteiger partial charge in [0.15, 0.2) is 0 Å². The summed E-state index contributed by atoms with van der Waals surface area (Å²) in [5.74, 6) is -0.930. The van der Waals surface area contributed by atoms with Crippen molar-refractivity contribution in [2.24, 2.45) is 5.73 Å². The van der Waals surface area contributed by atoms with E-state index in [2.05, 4.69) is 89.7 Å². The first-order valence-electron chi connectivity index (χ1n) is 15.4. The average molecular weight is 1230 g/mol. The molecule has 0 aliphatic carbocycles. The molecular weight excluding hydrogens is 1170 g/mol. The van der Waals surface area contributed by atoms with Gasteiger partial charge < -0.3 is 16.2 Å². The number of benzene rings is 2. The summed E-state index contributed by atoms with van der Waals surface area (Å²) in [5, 5.41) is 13.8. The van der Waals surface area contributed by atoms with Crippen molar-refractivity contribution in [3.8, 4) is 0 Å². The van der Waals surface area contributed by atoms with Crippen LogP contribution >= 0.6 is 74.5 Å². The van der Waals surface area contributed by atoms with Crippen molar-refractivity contribution in [1.29, 1.82) is 0 Å². The first-order chi connectivity index (χ1) is 22.3. The summed E-state index contributed by atoms with van der Waals surface area (Å²) in [4.78, 5) is 32.6. The van der Waals surface area contributed by atoms with Gasteiger partial charge in [-0.15, -0.1) is 0 Å². The third kappa shape index (κ3) is 20.6. The average Bonchev–Trinajstić information content (AvgIpc) is 3.00. The maximum absolute atomic E-state index is 12.5. The Morgan fingerprint density at radius 3 is 1.31 bits per heavy atom. The molecule has 0 radical (unpaired) electrons. The second kappa shape index (κ2) is 27.5. The van der Waals surface area contributed by atoms with Gasteiger partial charge in [0, 0.05) is 70.5 Å². The van der Waals surface area contributed by atoms with Crippen LogP contribution in [0.25, 0.3) is 21.8 Å². The molecule has 0 aliphatic rings. The quantitative estimate of drug-likeness (QED) is 0.173. The van der Waals surface area contributed by atoms with Crippen molar-refractivity contribution in [2.75, 3.05) is 0 Å². The van der Waals surface area contributed by atoms with Gasteiger partial charge >= 0.3 is 56.5 Å². The Morgan fingerprint density at radius 1 is 0.708 bits per heavy atom. The monoisotopic (exact) mass is 1220 g/mol. The van der Waals surface area contributed by atoms with Crippen molar-refractivity contribution in [3.05, 3.63) is 82.2 Å². The molecule has 272 valence electrons. The summed E-state index contributed by atoms with van der Waals surface area (Å²) in [7, 11) is 0. The Hall–Kier alpha value is -0.190. The normalized spacial score (nSPS) is 9.98. The standard InChI is InChI=1S/C16H20N2O.C12H11NO2.C4H11N.2C2H6.I3.I2/c1-10-11(2)17-13-9-7-6-8-12(13)14(10)15(19)18-16(3,4)5;1-7-8(2)13-10-6-4-3-5-9(10)11(7)12(14)15;1-4(2,3)5;2*1-2;1-3-2;1-2/h6-9H,1-5H3,(H,18,19);3-6H,1-2H3,(H,14,15);5H2,1-3H3;2*1-2H3;;/q;;;;;-1;. The van der Waals surface area contributed by atoms with Crippen LogP contribution in [0.3, 0.4) is 0 Å². The van der Waals surface area contributed by atoms with Crippen LogP contribution in [0.4, 0.5) is 0 Å². The number of rotatable bonds is 2. The third-order valence-corrected chi connectivity index (χ3v) is 5.69. The number of hydrogen-bond acceptors (Lipinski definition) is 5. The zero-order chi connectivity index (χ0) is 38.4. The number of nitrogens with two attached hydrogens (primary N) is 1. The van der Waals surface area contributed by atoms with E-state index in [1.54, 1.807) is 13.0 Å². The van der Waals surface area contributed by atoms with Crippen LogP contribution in [0.5, 0.6) is 0 Å².